The molecule has 0 spiro atoms. The van der Waals surface area contributed by atoms with Crippen LogP contribution in [0.3, 0.4) is 0 Å². The Hall–Kier alpha value is -2.04. The summed E-state index contributed by atoms with van der Waals surface area (Å²) in [4.78, 5) is 5.54. The first-order valence-electron chi connectivity index (χ1n) is 16.0. The highest BCUT2D eigenvalue weighted by Crippen LogP contribution is 2.47. The average Bonchev–Trinajstić information content (AvgIpc) is 3.54. The van der Waals surface area contributed by atoms with Crippen molar-refractivity contribution >= 4 is 28.7 Å². The Labute approximate surface area is 259 Å². The Morgan fingerprint density at radius 2 is 1.63 bits per heavy atom. The number of rotatable bonds is 18. The van der Waals surface area contributed by atoms with E-state index >= 15 is 0 Å². The van der Waals surface area contributed by atoms with Gasteiger partial charge in [-0.25, -0.2) is 0 Å². The molecular formula is C37H54O2S2. The molecule has 0 saturated heterocycles. The van der Waals surface area contributed by atoms with E-state index < -0.39 is 0 Å². The maximum absolute atomic E-state index is 6.53. The molecule has 2 heterocycles. The molecule has 0 radical (unpaired) electrons. The molecule has 41 heavy (non-hydrogen) atoms. The molecule has 0 N–H and O–H groups in total. The summed E-state index contributed by atoms with van der Waals surface area (Å²) in [6, 6.07) is 9.25. The van der Waals surface area contributed by atoms with E-state index in [9.17, 15) is 0 Å². The van der Waals surface area contributed by atoms with Crippen LogP contribution in [0.15, 0.2) is 30.3 Å². The Morgan fingerprint density at radius 3 is 2.32 bits per heavy atom. The summed E-state index contributed by atoms with van der Waals surface area (Å²) >= 11 is 3.86. The molecular weight excluding hydrogens is 541 g/mol. The van der Waals surface area contributed by atoms with Crippen molar-refractivity contribution in [2.75, 3.05) is 13.7 Å². The van der Waals surface area contributed by atoms with Crippen molar-refractivity contribution in [3.8, 4) is 31.7 Å². The minimum Gasteiger partial charge on any atom is -0.496 e. The summed E-state index contributed by atoms with van der Waals surface area (Å²) in [6.45, 7) is 16.6. The van der Waals surface area contributed by atoms with E-state index in [1.54, 1.807) is 7.11 Å². The molecule has 2 aromatic heterocycles. The maximum atomic E-state index is 6.53. The van der Waals surface area contributed by atoms with Gasteiger partial charge in [-0.05, 0) is 86.8 Å². The Bertz CT molecular complexity index is 1230. The topological polar surface area (TPSA) is 18.5 Å². The van der Waals surface area contributed by atoms with Gasteiger partial charge in [-0.2, -0.15) is 0 Å². The number of hydrogen-bond acceptors (Lipinski definition) is 4. The van der Waals surface area contributed by atoms with Crippen molar-refractivity contribution in [2.24, 2.45) is 11.8 Å². The second-order valence-electron chi connectivity index (χ2n) is 12.0. The maximum Gasteiger partial charge on any atom is 0.128 e. The van der Waals surface area contributed by atoms with Gasteiger partial charge < -0.3 is 9.47 Å². The fraction of sp³-hybridized carbons (Fsp3) is 0.568. The highest BCUT2D eigenvalue weighted by atomic mass is 32.1. The lowest BCUT2D eigenvalue weighted by Gasteiger charge is -2.17. The predicted molar refractivity (Wildman–Crippen MR) is 184 cm³/mol. The number of methoxy groups -OCH3 is 1. The number of unbranched alkanes of at least 4 members (excludes halogenated alkanes) is 3. The molecule has 1 atom stereocenters. The molecule has 3 rings (SSSR count). The molecule has 4 heteroatoms. The van der Waals surface area contributed by atoms with E-state index in [-0.39, 0.29) is 0 Å². The van der Waals surface area contributed by atoms with Crippen molar-refractivity contribution in [3.63, 3.8) is 0 Å². The number of ether oxygens (including phenoxy) is 2. The normalized spacial score (nSPS) is 12.5. The molecule has 0 fully saturated rings. The van der Waals surface area contributed by atoms with Gasteiger partial charge in [-0.1, -0.05) is 85.3 Å². The second kappa shape index (κ2) is 17.2. The summed E-state index contributed by atoms with van der Waals surface area (Å²) < 4.78 is 12.6. The van der Waals surface area contributed by atoms with Crippen LogP contribution >= 0.6 is 22.7 Å². The first kappa shape index (κ1) is 33.5. The van der Waals surface area contributed by atoms with E-state index in [1.807, 2.05) is 22.7 Å². The third-order valence-electron chi connectivity index (χ3n) is 7.91. The van der Waals surface area contributed by atoms with Crippen molar-refractivity contribution in [1.82, 2.24) is 0 Å². The van der Waals surface area contributed by atoms with Crippen LogP contribution in [0, 0.1) is 18.8 Å². The van der Waals surface area contributed by atoms with E-state index in [0.29, 0.717) is 5.92 Å². The van der Waals surface area contributed by atoms with Crippen molar-refractivity contribution in [2.45, 2.75) is 113 Å². The van der Waals surface area contributed by atoms with Crippen LogP contribution in [0.1, 0.15) is 114 Å². The smallest absolute Gasteiger partial charge is 0.128 e. The lowest BCUT2D eigenvalue weighted by molar-refractivity contribution is 0.275. The molecule has 1 aromatic carbocycles. The van der Waals surface area contributed by atoms with Crippen LogP contribution in [-0.4, -0.2) is 13.7 Å². The third-order valence-corrected chi connectivity index (χ3v) is 10.4. The Balaban J connectivity index is 1.96. The summed E-state index contributed by atoms with van der Waals surface area (Å²) in [5.74, 6) is 3.34. The van der Waals surface area contributed by atoms with Crippen LogP contribution < -0.4 is 9.47 Å². The van der Waals surface area contributed by atoms with Gasteiger partial charge in [0.15, 0.2) is 0 Å². The highest BCUT2D eigenvalue weighted by Gasteiger charge is 2.21. The van der Waals surface area contributed by atoms with Gasteiger partial charge in [0, 0.05) is 30.6 Å². The summed E-state index contributed by atoms with van der Waals surface area (Å²) in [7, 11) is 1.80. The van der Waals surface area contributed by atoms with Gasteiger partial charge in [0.2, 0.25) is 0 Å². The molecule has 0 bridgehead atoms. The van der Waals surface area contributed by atoms with Crippen LogP contribution in [0.25, 0.3) is 26.3 Å². The van der Waals surface area contributed by atoms with Crippen molar-refractivity contribution in [3.05, 3.63) is 51.9 Å². The molecule has 1 unspecified atom stereocenters. The van der Waals surface area contributed by atoms with Gasteiger partial charge in [0.25, 0.3) is 0 Å². The zero-order valence-corrected chi connectivity index (χ0v) is 28.7. The fourth-order valence-corrected chi connectivity index (χ4v) is 7.95. The number of thiophene rings is 2. The Morgan fingerprint density at radius 1 is 0.829 bits per heavy atom. The lowest BCUT2D eigenvalue weighted by atomic mass is 9.97. The van der Waals surface area contributed by atoms with E-state index in [1.165, 1.54) is 75.6 Å². The third kappa shape index (κ3) is 9.75. The van der Waals surface area contributed by atoms with Crippen LogP contribution in [0.4, 0.5) is 0 Å². The van der Waals surface area contributed by atoms with Gasteiger partial charge in [-0.3, -0.25) is 0 Å². The molecule has 0 aliphatic carbocycles. The SMILES string of the molecule is CC=Cc1cc(OC)c(-c2sc(-c3sc(C)cc3CC)cc2CCCCCC)cc1OCCC(C)CCCC(C)C. The van der Waals surface area contributed by atoms with Gasteiger partial charge in [0.05, 0.1) is 13.7 Å². The highest BCUT2D eigenvalue weighted by molar-refractivity contribution is 7.24. The van der Waals surface area contributed by atoms with Gasteiger partial charge >= 0.3 is 0 Å². The summed E-state index contributed by atoms with van der Waals surface area (Å²) in [6.07, 6.45) is 16.4. The number of benzene rings is 1. The van der Waals surface area contributed by atoms with Crippen molar-refractivity contribution < 1.29 is 9.47 Å². The van der Waals surface area contributed by atoms with Crippen LogP contribution in [0.2, 0.25) is 0 Å². The quantitative estimate of drug-likeness (QED) is 0.136. The summed E-state index contributed by atoms with van der Waals surface area (Å²) in [5.41, 5.74) is 5.15. The molecule has 226 valence electrons. The molecule has 2 nitrogen and oxygen atoms in total. The van der Waals surface area contributed by atoms with Crippen LogP contribution in [0.5, 0.6) is 11.5 Å². The zero-order valence-electron chi connectivity index (χ0n) is 27.0. The molecule has 0 aliphatic heterocycles. The fourth-order valence-electron chi connectivity index (χ4n) is 5.48. The van der Waals surface area contributed by atoms with E-state index in [4.69, 9.17) is 9.47 Å². The van der Waals surface area contributed by atoms with Crippen LogP contribution in [-0.2, 0) is 12.8 Å². The van der Waals surface area contributed by atoms with E-state index in [2.05, 4.69) is 84.9 Å². The number of hydrogen-bond donors (Lipinski definition) is 0. The Kier molecular flexibility index (Phi) is 14.0. The number of allylic oxidation sites excluding steroid dienone is 1. The molecule has 3 aromatic rings. The minimum absolute atomic E-state index is 0.674. The largest absolute Gasteiger partial charge is 0.496 e. The van der Waals surface area contributed by atoms with Gasteiger partial charge in [-0.15, -0.1) is 22.7 Å². The summed E-state index contributed by atoms with van der Waals surface area (Å²) in [5, 5.41) is 0. The van der Waals surface area contributed by atoms with Gasteiger partial charge in [0.1, 0.15) is 11.5 Å². The minimum atomic E-state index is 0.674. The van der Waals surface area contributed by atoms with E-state index in [0.717, 1.165) is 54.4 Å². The van der Waals surface area contributed by atoms with Crippen molar-refractivity contribution in [1.29, 1.82) is 0 Å². The average molecular weight is 595 g/mol. The standard InChI is InChI=1S/C37H54O2S2/c1-9-12-13-14-19-31-24-35(37-29(11-3)22-28(7)40-37)41-36(31)32-25-33(30(16-10-2)23-34(32)38-8)39-21-20-27(6)18-15-17-26(4)5/h10,16,22-27H,9,11-15,17-21H2,1-8H3. The molecule has 0 amide bonds. The molecule has 0 saturated carbocycles. The monoisotopic (exact) mass is 594 g/mol. The zero-order chi connectivity index (χ0) is 29.8. The predicted octanol–water partition coefficient (Wildman–Crippen LogP) is 12.4. The lowest BCUT2D eigenvalue weighted by Crippen LogP contribution is -2.06. The number of aryl methyl sites for hydroxylation is 3. The first-order valence-corrected chi connectivity index (χ1v) is 17.6. The molecule has 0 aliphatic rings. The first-order chi connectivity index (χ1) is 19.8. The second-order valence-corrected chi connectivity index (χ2v) is 14.3.